The first-order valence-corrected chi connectivity index (χ1v) is 6.02. The first kappa shape index (κ1) is 12.0. The second-order valence-electron chi connectivity index (χ2n) is 5.33. The lowest BCUT2D eigenvalue weighted by molar-refractivity contribution is -0.927. The fourth-order valence-electron chi connectivity index (χ4n) is 2.63. The molecule has 0 N–H and O–H groups in total. The van der Waals surface area contributed by atoms with E-state index in [1.165, 1.54) is 19.4 Å². The van der Waals surface area contributed by atoms with Crippen molar-refractivity contribution in [2.75, 3.05) is 20.6 Å². The summed E-state index contributed by atoms with van der Waals surface area (Å²) in [5, 5.41) is 0. The van der Waals surface area contributed by atoms with Crippen LogP contribution in [0.15, 0.2) is 0 Å². The molecule has 0 aliphatic carbocycles. The summed E-state index contributed by atoms with van der Waals surface area (Å²) in [6.45, 7) is 10.7. The van der Waals surface area contributed by atoms with Crippen molar-refractivity contribution < 1.29 is 4.48 Å². The molecular weight excluding hydrogens is 172 g/mol. The minimum Gasteiger partial charge on any atom is -0.310 e. The smallest absolute Gasteiger partial charge is 0.142 e. The lowest BCUT2D eigenvalue weighted by atomic mass is 10.1. The number of likely N-dealkylation sites (N-methyl/N-ethyl adjacent to an activating group) is 1. The summed E-state index contributed by atoms with van der Waals surface area (Å²) in [6.07, 6.45) is 3.31. The third kappa shape index (κ3) is 1.82. The van der Waals surface area contributed by atoms with Crippen molar-refractivity contribution in [2.45, 2.75) is 58.8 Å². The molecule has 1 aliphatic rings. The van der Waals surface area contributed by atoms with Crippen LogP contribution in [0.2, 0.25) is 0 Å². The van der Waals surface area contributed by atoms with Gasteiger partial charge in [-0.1, -0.05) is 13.3 Å². The molecule has 1 aliphatic heterocycles. The third-order valence-electron chi connectivity index (χ3n) is 4.48. The normalized spacial score (nSPS) is 37.7. The Bertz CT molecular complexity index is 189. The van der Waals surface area contributed by atoms with Crippen LogP contribution in [0.5, 0.6) is 0 Å². The van der Waals surface area contributed by atoms with Gasteiger partial charge in [0.15, 0.2) is 0 Å². The highest BCUT2D eigenvalue weighted by Gasteiger charge is 2.47. The molecule has 0 radical (unpaired) electrons. The molecule has 0 aromatic carbocycles. The predicted molar refractivity (Wildman–Crippen MR) is 62.1 cm³/mol. The summed E-state index contributed by atoms with van der Waals surface area (Å²) < 4.78 is 1.14. The Balaban J connectivity index is 2.69. The zero-order valence-corrected chi connectivity index (χ0v) is 10.7. The first-order chi connectivity index (χ1) is 6.42. The van der Waals surface area contributed by atoms with Crippen molar-refractivity contribution in [3.8, 4) is 0 Å². The van der Waals surface area contributed by atoms with Crippen LogP contribution in [-0.2, 0) is 0 Å². The molecule has 2 heteroatoms. The van der Waals surface area contributed by atoms with Crippen molar-refractivity contribution >= 4 is 0 Å². The van der Waals surface area contributed by atoms with Crippen LogP contribution in [0.25, 0.3) is 0 Å². The van der Waals surface area contributed by atoms with Crippen molar-refractivity contribution in [1.29, 1.82) is 0 Å². The number of unbranched alkanes of at least 4 members (excludes halogenated alkanes) is 1. The van der Waals surface area contributed by atoms with E-state index in [0.29, 0.717) is 6.17 Å². The SMILES string of the molecule is CCCCN1C(C)C(C)[N+](C)(C)C1C. The highest BCUT2D eigenvalue weighted by atomic mass is 15.5. The fourth-order valence-corrected chi connectivity index (χ4v) is 2.63. The summed E-state index contributed by atoms with van der Waals surface area (Å²) in [7, 11) is 4.72. The molecule has 14 heavy (non-hydrogen) atoms. The molecule has 0 amide bonds. The molecule has 0 saturated carbocycles. The topological polar surface area (TPSA) is 3.24 Å². The predicted octanol–water partition coefficient (Wildman–Crippen LogP) is 2.30. The average molecular weight is 199 g/mol. The van der Waals surface area contributed by atoms with E-state index >= 15 is 0 Å². The van der Waals surface area contributed by atoms with E-state index in [9.17, 15) is 0 Å². The van der Waals surface area contributed by atoms with E-state index in [-0.39, 0.29) is 0 Å². The molecule has 1 fully saturated rings. The van der Waals surface area contributed by atoms with E-state index in [1.54, 1.807) is 0 Å². The number of rotatable bonds is 3. The van der Waals surface area contributed by atoms with Crippen LogP contribution < -0.4 is 0 Å². The van der Waals surface area contributed by atoms with Gasteiger partial charge >= 0.3 is 0 Å². The minimum atomic E-state index is 0.673. The van der Waals surface area contributed by atoms with Gasteiger partial charge in [0.05, 0.1) is 20.1 Å². The average Bonchev–Trinajstić information content (AvgIpc) is 2.28. The van der Waals surface area contributed by atoms with Crippen LogP contribution in [0.3, 0.4) is 0 Å². The van der Waals surface area contributed by atoms with E-state index < -0.39 is 0 Å². The van der Waals surface area contributed by atoms with E-state index in [1.807, 2.05) is 0 Å². The van der Waals surface area contributed by atoms with Crippen LogP contribution in [0.4, 0.5) is 0 Å². The second-order valence-corrected chi connectivity index (χ2v) is 5.33. The summed E-state index contributed by atoms with van der Waals surface area (Å²) >= 11 is 0. The van der Waals surface area contributed by atoms with Crippen molar-refractivity contribution in [3.05, 3.63) is 0 Å². The van der Waals surface area contributed by atoms with Crippen LogP contribution in [0, 0.1) is 0 Å². The van der Waals surface area contributed by atoms with Gasteiger partial charge in [-0.15, -0.1) is 0 Å². The first-order valence-electron chi connectivity index (χ1n) is 6.02. The van der Waals surface area contributed by atoms with E-state index in [4.69, 9.17) is 0 Å². The summed E-state index contributed by atoms with van der Waals surface area (Å²) in [5.41, 5.74) is 0. The Morgan fingerprint density at radius 1 is 1.14 bits per heavy atom. The van der Waals surface area contributed by atoms with Crippen LogP contribution in [-0.4, -0.2) is 48.3 Å². The van der Waals surface area contributed by atoms with Crippen molar-refractivity contribution in [2.24, 2.45) is 0 Å². The minimum absolute atomic E-state index is 0.673. The maximum absolute atomic E-state index is 2.67. The van der Waals surface area contributed by atoms with E-state index in [2.05, 4.69) is 46.7 Å². The van der Waals surface area contributed by atoms with Gasteiger partial charge in [-0.05, 0) is 20.3 Å². The van der Waals surface area contributed by atoms with E-state index in [0.717, 1.165) is 16.6 Å². The number of hydrogen-bond acceptors (Lipinski definition) is 1. The Kier molecular flexibility index (Phi) is 3.59. The fraction of sp³-hybridized carbons (Fsp3) is 1.00. The molecule has 0 aromatic rings. The Labute approximate surface area is 89.5 Å². The van der Waals surface area contributed by atoms with Crippen LogP contribution >= 0.6 is 0 Å². The van der Waals surface area contributed by atoms with Gasteiger partial charge < -0.3 is 4.48 Å². The zero-order chi connectivity index (χ0) is 10.9. The molecule has 1 rings (SSSR count). The molecule has 84 valence electrons. The van der Waals surface area contributed by atoms with Crippen molar-refractivity contribution in [3.63, 3.8) is 0 Å². The Morgan fingerprint density at radius 3 is 2.07 bits per heavy atom. The van der Waals surface area contributed by atoms with Crippen molar-refractivity contribution in [1.82, 2.24) is 4.90 Å². The molecule has 1 heterocycles. The molecule has 3 unspecified atom stereocenters. The molecular formula is C12H27N2+. The Morgan fingerprint density at radius 2 is 1.71 bits per heavy atom. The molecule has 0 bridgehead atoms. The molecule has 0 aromatic heterocycles. The Hall–Kier alpha value is -0.0800. The van der Waals surface area contributed by atoms with Gasteiger partial charge in [0.1, 0.15) is 12.2 Å². The molecule has 2 nitrogen and oxygen atoms in total. The lowest BCUT2D eigenvalue weighted by Crippen LogP contribution is -2.50. The quantitative estimate of drug-likeness (QED) is 0.630. The van der Waals surface area contributed by atoms with Gasteiger partial charge in [-0.3, -0.25) is 0 Å². The van der Waals surface area contributed by atoms with Crippen LogP contribution in [0.1, 0.15) is 40.5 Å². The number of quaternary nitrogens is 1. The van der Waals surface area contributed by atoms with Gasteiger partial charge in [-0.2, -0.15) is 0 Å². The summed E-state index contributed by atoms with van der Waals surface area (Å²) in [4.78, 5) is 2.67. The largest absolute Gasteiger partial charge is 0.310 e. The van der Waals surface area contributed by atoms with Gasteiger partial charge in [0, 0.05) is 13.5 Å². The maximum Gasteiger partial charge on any atom is 0.142 e. The third-order valence-corrected chi connectivity index (χ3v) is 4.48. The molecule has 3 atom stereocenters. The molecule has 0 spiro atoms. The number of nitrogens with zero attached hydrogens (tertiary/aromatic N) is 2. The second kappa shape index (κ2) is 4.19. The highest BCUT2D eigenvalue weighted by molar-refractivity contribution is 4.81. The summed E-state index contributed by atoms with van der Waals surface area (Å²) in [5.74, 6) is 0. The zero-order valence-electron chi connectivity index (χ0n) is 10.7. The monoisotopic (exact) mass is 199 g/mol. The standard InChI is InChI=1S/C12H27N2/c1-7-8-9-13-10(2)11(3)14(5,6)12(13)4/h10-12H,7-9H2,1-6H3/q+1. The van der Waals surface area contributed by atoms with Gasteiger partial charge in [0.25, 0.3) is 0 Å². The lowest BCUT2D eigenvalue weighted by Gasteiger charge is -2.34. The highest BCUT2D eigenvalue weighted by Crippen LogP contribution is 2.30. The van der Waals surface area contributed by atoms with Gasteiger partial charge in [0.2, 0.25) is 0 Å². The molecule has 1 saturated heterocycles. The number of hydrogen-bond donors (Lipinski definition) is 0. The summed E-state index contributed by atoms with van der Waals surface area (Å²) in [6, 6.07) is 1.48. The maximum atomic E-state index is 2.67. The van der Waals surface area contributed by atoms with Gasteiger partial charge in [-0.25, -0.2) is 4.90 Å².